The van der Waals surface area contributed by atoms with Gasteiger partial charge in [0.05, 0.1) is 5.60 Å². The lowest BCUT2D eigenvalue weighted by atomic mass is 10.00. The second-order valence-corrected chi connectivity index (χ2v) is 4.44. The molecule has 0 aromatic rings. The zero-order chi connectivity index (χ0) is 11.9. The minimum atomic E-state index is -0.799. The molecule has 0 rings (SSSR count). The number of hydrogen-bond acceptors (Lipinski definition) is 3. The molecule has 0 saturated carbocycles. The van der Waals surface area contributed by atoms with Crippen LogP contribution in [-0.4, -0.2) is 29.7 Å². The Hall–Kier alpha value is -0.610. The molecule has 0 radical (unpaired) electrons. The number of carbonyl (C=O) groups excluding carboxylic acids is 1. The van der Waals surface area contributed by atoms with Crippen molar-refractivity contribution < 1.29 is 9.90 Å². The maximum Gasteiger partial charge on any atom is 0.222 e. The van der Waals surface area contributed by atoms with Crippen molar-refractivity contribution >= 4 is 5.91 Å². The zero-order valence-electron chi connectivity index (χ0n) is 10.0. The Morgan fingerprint density at radius 3 is 2.67 bits per heavy atom. The molecule has 0 aromatic carbocycles. The van der Waals surface area contributed by atoms with Gasteiger partial charge in [0, 0.05) is 12.5 Å². The molecule has 2 atom stereocenters. The van der Waals surface area contributed by atoms with Crippen LogP contribution in [0, 0.1) is 5.92 Å². The predicted octanol–water partition coefficient (Wildman–Crippen LogP) is 0.639. The zero-order valence-corrected chi connectivity index (χ0v) is 10.0. The summed E-state index contributed by atoms with van der Waals surface area (Å²) in [5.74, 6) is -0.107. The van der Waals surface area contributed by atoms with Crippen LogP contribution in [0.3, 0.4) is 0 Å². The number of rotatable bonds is 7. The summed E-state index contributed by atoms with van der Waals surface area (Å²) in [5.41, 5.74) is 4.57. The maximum atomic E-state index is 11.5. The van der Waals surface area contributed by atoms with Crippen LogP contribution >= 0.6 is 0 Å². The van der Waals surface area contributed by atoms with Crippen LogP contribution < -0.4 is 11.1 Å². The molecule has 0 heterocycles. The average molecular weight is 216 g/mol. The lowest BCUT2D eigenvalue weighted by Crippen LogP contribution is -2.42. The maximum absolute atomic E-state index is 11.5. The van der Waals surface area contributed by atoms with Gasteiger partial charge in [-0.25, -0.2) is 0 Å². The number of aliphatic hydroxyl groups is 1. The van der Waals surface area contributed by atoms with Crippen molar-refractivity contribution in [3.8, 4) is 0 Å². The van der Waals surface area contributed by atoms with E-state index in [4.69, 9.17) is 5.73 Å². The van der Waals surface area contributed by atoms with E-state index in [1.54, 1.807) is 6.92 Å². The van der Waals surface area contributed by atoms with Crippen LogP contribution in [0.5, 0.6) is 0 Å². The first kappa shape index (κ1) is 14.4. The Morgan fingerprint density at radius 2 is 2.20 bits per heavy atom. The van der Waals surface area contributed by atoms with Crippen LogP contribution in [0.25, 0.3) is 0 Å². The van der Waals surface area contributed by atoms with E-state index in [-0.39, 0.29) is 11.8 Å². The molecule has 0 aromatic heterocycles. The Balaban J connectivity index is 3.88. The lowest BCUT2D eigenvalue weighted by molar-refractivity contribution is -0.125. The summed E-state index contributed by atoms with van der Waals surface area (Å²) < 4.78 is 0. The summed E-state index contributed by atoms with van der Waals surface area (Å²) in [6.07, 6.45) is 2.28. The first-order valence-corrected chi connectivity index (χ1v) is 5.63. The van der Waals surface area contributed by atoms with Crippen molar-refractivity contribution in [2.24, 2.45) is 11.7 Å². The van der Waals surface area contributed by atoms with Gasteiger partial charge in [-0.15, -0.1) is 0 Å². The third-order valence-electron chi connectivity index (χ3n) is 2.48. The summed E-state index contributed by atoms with van der Waals surface area (Å²) in [6.45, 7) is 6.42. The molecule has 0 saturated heterocycles. The monoisotopic (exact) mass is 216 g/mol. The van der Waals surface area contributed by atoms with Gasteiger partial charge in [0.15, 0.2) is 0 Å². The Labute approximate surface area is 92.2 Å². The van der Waals surface area contributed by atoms with E-state index < -0.39 is 5.60 Å². The summed E-state index contributed by atoms with van der Waals surface area (Å²) in [7, 11) is 0. The number of amides is 1. The highest BCUT2D eigenvalue weighted by Gasteiger charge is 2.21. The molecule has 4 heteroatoms. The summed E-state index contributed by atoms with van der Waals surface area (Å²) in [5, 5.41) is 12.6. The van der Waals surface area contributed by atoms with Gasteiger partial charge in [0.1, 0.15) is 0 Å². The van der Waals surface area contributed by atoms with Crippen molar-refractivity contribution in [2.75, 3.05) is 13.1 Å². The number of carbonyl (C=O) groups is 1. The quantitative estimate of drug-likeness (QED) is 0.584. The Kier molecular flexibility index (Phi) is 6.52. The largest absolute Gasteiger partial charge is 0.388 e. The molecule has 1 amide bonds. The molecule has 0 fully saturated rings. The van der Waals surface area contributed by atoms with Gasteiger partial charge in [0.25, 0.3) is 0 Å². The number of nitrogens with one attached hydrogen (secondary N) is 1. The second-order valence-electron chi connectivity index (χ2n) is 4.44. The van der Waals surface area contributed by atoms with Crippen LogP contribution in [0.1, 0.15) is 40.0 Å². The molecular weight excluding hydrogens is 192 g/mol. The molecule has 2 unspecified atom stereocenters. The molecule has 4 N–H and O–H groups in total. The van der Waals surface area contributed by atoms with E-state index in [2.05, 4.69) is 5.32 Å². The van der Waals surface area contributed by atoms with E-state index in [1.165, 1.54) is 0 Å². The van der Waals surface area contributed by atoms with Gasteiger partial charge in [0.2, 0.25) is 5.91 Å². The van der Waals surface area contributed by atoms with Crippen LogP contribution in [0.4, 0.5) is 0 Å². The summed E-state index contributed by atoms with van der Waals surface area (Å²) >= 11 is 0. The highest BCUT2D eigenvalue weighted by molar-refractivity contribution is 5.78. The van der Waals surface area contributed by atoms with Crippen molar-refractivity contribution in [3.05, 3.63) is 0 Å². The van der Waals surface area contributed by atoms with Crippen LogP contribution in [0.2, 0.25) is 0 Å². The molecule has 0 aliphatic rings. The van der Waals surface area contributed by atoms with E-state index in [0.717, 1.165) is 6.42 Å². The summed E-state index contributed by atoms with van der Waals surface area (Å²) in [6, 6.07) is 0. The minimum absolute atomic E-state index is 0.0307. The SMILES string of the molecule is CCCC(C)(O)CNC(=O)C(C)CCN. The fourth-order valence-corrected chi connectivity index (χ4v) is 1.46. The molecule has 0 spiro atoms. The molecule has 0 aliphatic heterocycles. The topological polar surface area (TPSA) is 75.3 Å². The number of hydrogen-bond donors (Lipinski definition) is 3. The average Bonchev–Trinajstić information content (AvgIpc) is 2.14. The highest BCUT2D eigenvalue weighted by Crippen LogP contribution is 2.10. The van der Waals surface area contributed by atoms with Crippen molar-refractivity contribution in [1.82, 2.24) is 5.32 Å². The van der Waals surface area contributed by atoms with Crippen LogP contribution in [0.15, 0.2) is 0 Å². The first-order valence-electron chi connectivity index (χ1n) is 5.63. The highest BCUT2D eigenvalue weighted by atomic mass is 16.3. The molecule has 90 valence electrons. The van der Waals surface area contributed by atoms with Gasteiger partial charge in [-0.05, 0) is 26.3 Å². The molecule has 15 heavy (non-hydrogen) atoms. The third-order valence-corrected chi connectivity index (χ3v) is 2.48. The van der Waals surface area contributed by atoms with E-state index in [0.29, 0.717) is 25.9 Å². The van der Waals surface area contributed by atoms with E-state index in [9.17, 15) is 9.90 Å². The standard InChI is InChI=1S/C11H24N2O2/c1-4-6-11(3,15)8-13-10(14)9(2)5-7-12/h9,15H,4-8,12H2,1-3H3,(H,13,14). The van der Waals surface area contributed by atoms with E-state index in [1.807, 2.05) is 13.8 Å². The van der Waals surface area contributed by atoms with E-state index >= 15 is 0 Å². The van der Waals surface area contributed by atoms with Gasteiger partial charge >= 0.3 is 0 Å². The third kappa shape index (κ3) is 6.47. The first-order chi connectivity index (χ1) is 6.93. The fourth-order valence-electron chi connectivity index (χ4n) is 1.46. The number of nitrogens with two attached hydrogens (primary N) is 1. The van der Waals surface area contributed by atoms with Crippen molar-refractivity contribution in [2.45, 2.75) is 45.6 Å². The second kappa shape index (κ2) is 6.80. The molecular formula is C11H24N2O2. The summed E-state index contributed by atoms with van der Waals surface area (Å²) in [4.78, 5) is 11.5. The van der Waals surface area contributed by atoms with Gasteiger partial charge in [-0.2, -0.15) is 0 Å². The smallest absolute Gasteiger partial charge is 0.222 e. The Morgan fingerprint density at radius 1 is 1.60 bits per heavy atom. The molecule has 0 bridgehead atoms. The minimum Gasteiger partial charge on any atom is -0.388 e. The Bertz CT molecular complexity index is 193. The predicted molar refractivity (Wildman–Crippen MR) is 61.4 cm³/mol. The van der Waals surface area contributed by atoms with Crippen LogP contribution in [-0.2, 0) is 4.79 Å². The van der Waals surface area contributed by atoms with Gasteiger partial charge in [-0.1, -0.05) is 20.3 Å². The van der Waals surface area contributed by atoms with Gasteiger partial charge < -0.3 is 16.2 Å². The van der Waals surface area contributed by atoms with Crippen molar-refractivity contribution in [3.63, 3.8) is 0 Å². The normalized spacial score (nSPS) is 16.9. The van der Waals surface area contributed by atoms with Crippen molar-refractivity contribution in [1.29, 1.82) is 0 Å². The lowest BCUT2D eigenvalue weighted by Gasteiger charge is -2.23. The molecule has 0 aliphatic carbocycles. The fraction of sp³-hybridized carbons (Fsp3) is 0.909. The van der Waals surface area contributed by atoms with Gasteiger partial charge in [-0.3, -0.25) is 4.79 Å². The molecule has 4 nitrogen and oxygen atoms in total.